The number of carbonyl (C=O) groups excluding carboxylic acids is 1. The van der Waals surface area contributed by atoms with Crippen LogP contribution in [0.25, 0.3) is 11.3 Å². The average molecular weight is 385 g/mol. The highest BCUT2D eigenvalue weighted by molar-refractivity contribution is 8.00. The molecule has 0 saturated carbocycles. The number of rotatable bonds is 5. The maximum absolute atomic E-state index is 12.5. The van der Waals surface area contributed by atoms with Gasteiger partial charge in [0.25, 0.3) is 0 Å². The van der Waals surface area contributed by atoms with Gasteiger partial charge in [-0.1, -0.05) is 42.1 Å². The lowest BCUT2D eigenvalue weighted by Crippen LogP contribution is -2.22. The molecule has 7 heteroatoms. The van der Waals surface area contributed by atoms with E-state index >= 15 is 0 Å². The molecule has 3 aromatic rings. The normalized spacial score (nSPS) is 12.0. The van der Waals surface area contributed by atoms with Crippen molar-refractivity contribution in [2.75, 3.05) is 5.32 Å². The van der Waals surface area contributed by atoms with Crippen molar-refractivity contribution in [3.63, 3.8) is 0 Å². The Morgan fingerprint density at radius 3 is 2.38 bits per heavy atom. The second-order valence-electron chi connectivity index (χ2n) is 5.96. The molecule has 0 bridgehead atoms. The number of hydrogen-bond donors (Lipinski definition) is 1. The van der Waals surface area contributed by atoms with E-state index in [1.54, 1.807) is 0 Å². The molecule has 2 aromatic heterocycles. The summed E-state index contributed by atoms with van der Waals surface area (Å²) in [5, 5.41) is 5.73. The van der Waals surface area contributed by atoms with Crippen LogP contribution in [0.15, 0.2) is 40.9 Å². The maximum Gasteiger partial charge on any atom is 0.239 e. The molecular weight excluding hydrogens is 364 g/mol. The van der Waals surface area contributed by atoms with Gasteiger partial charge in [0.15, 0.2) is 10.3 Å². The van der Waals surface area contributed by atoms with Crippen LogP contribution in [-0.2, 0) is 4.79 Å². The van der Waals surface area contributed by atoms with E-state index in [0.29, 0.717) is 10.3 Å². The zero-order chi connectivity index (χ0) is 18.7. The van der Waals surface area contributed by atoms with Crippen molar-refractivity contribution in [1.82, 2.24) is 15.0 Å². The molecule has 0 saturated heterocycles. The first-order valence-corrected chi connectivity index (χ1v) is 10.0. The zero-order valence-corrected chi connectivity index (χ0v) is 16.7. The minimum absolute atomic E-state index is 0.108. The Morgan fingerprint density at radius 1 is 1.08 bits per heavy atom. The van der Waals surface area contributed by atoms with Gasteiger partial charge >= 0.3 is 0 Å². The fourth-order valence-electron chi connectivity index (χ4n) is 2.29. The van der Waals surface area contributed by atoms with E-state index in [9.17, 15) is 4.79 Å². The number of nitrogens with one attached hydrogen (secondary N) is 1. The lowest BCUT2D eigenvalue weighted by atomic mass is 10.2. The third kappa shape index (κ3) is 4.28. The van der Waals surface area contributed by atoms with Crippen LogP contribution >= 0.6 is 23.1 Å². The molecule has 3 rings (SSSR count). The van der Waals surface area contributed by atoms with E-state index in [-0.39, 0.29) is 11.2 Å². The highest BCUT2D eigenvalue weighted by Gasteiger charge is 2.18. The number of aromatic nitrogens is 3. The van der Waals surface area contributed by atoms with Gasteiger partial charge in [-0.05, 0) is 33.3 Å². The average Bonchev–Trinajstić information content (AvgIpc) is 3.08. The highest BCUT2D eigenvalue weighted by atomic mass is 32.2. The van der Waals surface area contributed by atoms with E-state index in [2.05, 4.69) is 20.3 Å². The van der Waals surface area contributed by atoms with E-state index in [0.717, 1.165) is 28.2 Å². The van der Waals surface area contributed by atoms with Crippen LogP contribution in [0.1, 0.15) is 23.9 Å². The van der Waals surface area contributed by atoms with Gasteiger partial charge < -0.3 is 5.32 Å². The Hall–Kier alpha value is -2.25. The summed E-state index contributed by atoms with van der Waals surface area (Å²) < 4.78 is 0. The van der Waals surface area contributed by atoms with Crippen molar-refractivity contribution in [1.29, 1.82) is 0 Å². The molecule has 134 valence electrons. The number of thiazole rings is 1. The quantitative estimate of drug-likeness (QED) is 0.512. The molecule has 0 fully saturated rings. The molecule has 26 heavy (non-hydrogen) atoms. The van der Waals surface area contributed by atoms with Gasteiger partial charge in [0.05, 0.1) is 10.9 Å². The standard InChI is InChI=1S/C19H20N4OS2/c1-11-12(2)20-19(21-13(11)3)26-14(4)17(24)23-18-22-16(10-25-18)15-8-6-5-7-9-15/h5-10,14H,1-4H3,(H,22,23,24). The predicted octanol–water partition coefficient (Wildman–Crippen LogP) is 4.64. The van der Waals surface area contributed by atoms with E-state index in [1.165, 1.54) is 23.1 Å². The second-order valence-corrected chi connectivity index (χ2v) is 8.12. The van der Waals surface area contributed by atoms with E-state index < -0.39 is 0 Å². The van der Waals surface area contributed by atoms with Crippen LogP contribution in [0.2, 0.25) is 0 Å². The van der Waals surface area contributed by atoms with E-state index in [4.69, 9.17) is 0 Å². The Morgan fingerprint density at radius 2 is 1.73 bits per heavy atom. The molecule has 0 spiro atoms. The van der Waals surface area contributed by atoms with Crippen LogP contribution in [-0.4, -0.2) is 26.1 Å². The van der Waals surface area contributed by atoms with Gasteiger partial charge in [0.1, 0.15) is 0 Å². The summed E-state index contributed by atoms with van der Waals surface area (Å²) >= 11 is 2.77. The third-order valence-corrected chi connectivity index (χ3v) is 5.79. The van der Waals surface area contributed by atoms with Crippen molar-refractivity contribution >= 4 is 34.1 Å². The van der Waals surface area contributed by atoms with Crippen molar-refractivity contribution in [3.8, 4) is 11.3 Å². The summed E-state index contributed by atoms with van der Waals surface area (Å²) in [5.74, 6) is -0.108. The minimum Gasteiger partial charge on any atom is -0.301 e. The number of benzene rings is 1. The van der Waals surface area contributed by atoms with Crippen molar-refractivity contribution < 1.29 is 4.79 Å². The van der Waals surface area contributed by atoms with Gasteiger partial charge in [-0.25, -0.2) is 15.0 Å². The number of hydrogen-bond acceptors (Lipinski definition) is 6. The smallest absolute Gasteiger partial charge is 0.239 e. The Kier molecular flexibility index (Phi) is 5.68. The second kappa shape index (κ2) is 7.97. The molecule has 0 aliphatic heterocycles. The number of nitrogens with zero attached hydrogens (tertiary/aromatic N) is 3. The molecule has 0 radical (unpaired) electrons. The maximum atomic E-state index is 12.5. The van der Waals surface area contributed by atoms with Gasteiger partial charge in [0, 0.05) is 22.3 Å². The number of thioether (sulfide) groups is 1. The number of carbonyl (C=O) groups is 1. The zero-order valence-electron chi connectivity index (χ0n) is 15.1. The van der Waals surface area contributed by atoms with Gasteiger partial charge in [-0.3, -0.25) is 4.79 Å². The molecule has 1 amide bonds. The Labute approximate surface area is 161 Å². The fourth-order valence-corrected chi connectivity index (χ4v) is 3.87. The van der Waals surface area contributed by atoms with Crippen LogP contribution in [0.3, 0.4) is 0 Å². The van der Waals surface area contributed by atoms with Gasteiger partial charge in [-0.15, -0.1) is 11.3 Å². The topological polar surface area (TPSA) is 67.8 Å². The molecule has 1 atom stereocenters. The first kappa shape index (κ1) is 18.5. The first-order chi connectivity index (χ1) is 12.4. The molecule has 1 unspecified atom stereocenters. The fraction of sp³-hybridized carbons (Fsp3) is 0.263. The molecule has 0 aliphatic rings. The summed E-state index contributed by atoms with van der Waals surface area (Å²) in [7, 11) is 0. The molecule has 1 aromatic carbocycles. The summed E-state index contributed by atoms with van der Waals surface area (Å²) in [6, 6.07) is 9.90. The predicted molar refractivity (Wildman–Crippen MR) is 108 cm³/mol. The number of anilines is 1. The minimum atomic E-state index is -0.319. The third-order valence-electron chi connectivity index (χ3n) is 4.07. The SMILES string of the molecule is Cc1nc(SC(C)C(=O)Nc2nc(-c3ccccc3)cs2)nc(C)c1C. The monoisotopic (exact) mass is 384 g/mol. The van der Waals surface area contributed by atoms with Crippen molar-refractivity contribution in [2.45, 2.75) is 38.1 Å². The Balaban J connectivity index is 1.66. The van der Waals surface area contributed by atoms with Crippen LogP contribution in [0.5, 0.6) is 0 Å². The lowest BCUT2D eigenvalue weighted by molar-refractivity contribution is -0.115. The summed E-state index contributed by atoms with van der Waals surface area (Å²) in [4.78, 5) is 25.9. The first-order valence-electron chi connectivity index (χ1n) is 8.24. The molecule has 0 aliphatic carbocycles. The number of aryl methyl sites for hydroxylation is 2. The molecule has 2 heterocycles. The molecule has 1 N–H and O–H groups in total. The highest BCUT2D eigenvalue weighted by Crippen LogP contribution is 2.26. The van der Waals surface area contributed by atoms with Crippen LogP contribution in [0.4, 0.5) is 5.13 Å². The Bertz CT molecular complexity index is 901. The summed E-state index contributed by atoms with van der Waals surface area (Å²) in [5.41, 5.74) is 4.87. The van der Waals surface area contributed by atoms with Crippen molar-refractivity contribution in [2.24, 2.45) is 0 Å². The molecule has 5 nitrogen and oxygen atoms in total. The van der Waals surface area contributed by atoms with Crippen molar-refractivity contribution in [3.05, 3.63) is 52.7 Å². The largest absolute Gasteiger partial charge is 0.301 e. The van der Waals surface area contributed by atoms with E-state index in [1.807, 2.05) is 63.4 Å². The van der Waals surface area contributed by atoms with Crippen LogP contribution < -0.4 is 5.32 Å². The summed E-state index contributed by atoms with van der Waals surface area (Å²) in [6.07, 6.45) is 0. The lowest BCUT2D eigenvalue weighted by Gasteiger charge is -2.11. The van der Waals surface area contributed by atoms with Gasteiger partial charge in [0.2, 0.25) is 5.91 Å². The molecular formula is C19H20N4OS2. The van der Waals surface area contributed by atoms with Crippen LogP contribution in [0, 0.1) is 20.8 Å². The van der Waals surface area contributed by atoms with Gasteiger partial charge in [-0.2, -0.15) is 0 Å². The number of amides is 1. The summed E-state index contributed by atoms with van der Waals surface area (Å²) in [6.45, 7) is 7.76.